The van der Waals surface area contributed by atoms with E-state index >= 15 is 0 Å². The third-order valence-electron chi connectivity index (χ3n) is 2.42. The normalized spacial score (nSPS) is 10.3. The van der Waals surface area contributed by atoms with Gasteiger partial charge in [-0.2, -0.15) is 0 Å². The Kier molecular flexibility index (Phi) is 4.07. The first-order valence-electron chi connectivity index (χ1n) is 5.29. The number of nitrogens with two attached hydrogens (primary N) is 1. The summed E-state index contributed by atoms with van der Waals surface area (Å²) in [7, 11) is 0. The number of carbonyl (C=O) groups excluding carboxylic acids is 1. The summed E-state index contributed by atoms with van der Waals surface area (Å²) in [4.78, 5) is 12.0. The van der Waals surface area contributed by atoms with E-state index in [0.717, 1.165) is 6.07 Å². The Morgan fingerprint density at radius 2 is 2.00 bits per heavy atom. The SMILES string of the molecule is Nc1ccc(NC(=O)c2ccc(F)cc2Cl)c(Br)c1. The van der Waals surface area contributed by atoms with Crippen LogP contribution in [0.25, 0.3) is 0 Å². The van der Waals surface area contributed by atoms with Gasteiger partial charge in [-0.05, 0) is 52.3 Å². The molecule has 0 spiro atoms. The molecule has 0 aliphatic heterocycles. The monoisotopic (exact) mass is 342 g/mol. The quantitative estimate of drug-likeness (QED) is 0.807. The summed E-state index contributed by atoms with van der Waals surface area (Å²) in [5, 5.41) is 2.73. The number of benzene rings is 2. The van der Waals surface area contributed by atoms with Crippen LogP contribution in [-0.4, -0.2) is 5.91 Å². The minimum Gasteiger partial charge on any atom is -0.399 e. The van der Waals surface area contributed by atoms with Crippen molar-refractivity contribution in [3.63, 3.8) is 0 Å². The zero-order valence-corrected chi connectivity index (χ0v) is 11.9. The molecule has 0 saturated carbocycles. The summed E-state index contributed by atoms with van der Waals surface area (Å²) in [6, 6.07) is 8.59. The number of anilines is 2. The maximum atomic E-state index is 12.9. The number of nitrogens with one attached hydrogen (secondary N) is 1. The highest BCUT2D eigenvalue weighted by Crippen LogP contribution is 2.26. The zero-order valence-electron chi connectivity index (χ0n) is 9.58. The zero-order chi connectivity index (χ0) is 14.0. The molecule has 0 atom stereocenters. The van der Waals surface area contributed by atoms with Gasteiger partial charge in [0, 0.05) is 10.2 Å². The van der Waals surface area contributed by atoms with Crippen LogP contribution in [0.5, 0.6) is 0 Å². The Balaban J connectivity index is 2.25. The van der Waals surface area contributed by atoms with Crippen molar-refractivity contribution in [2.24, 2.45) is 0 Å². The van der Waals surface area contributed by atoms with Gasteiger partial charge in [0.25, 0.3) is 5.91 Å². The highest BCUT2D eigenvalue weighted by atomic mass is 79.9. The molecule has 0 radical (unpaired) electrons. The fourth-order valence-electron chi connectivity index (χ4n) is 1.50. The van der Waals surface area contributed by atoms with Crippen molar-refractivity contribution < 1.29 is 9.18 Å². The molecule has 19 heavy (non-hydrogen) atoms. The Bertz CT molecular complexity index is 649. The minimum absolute atomic E-state index is 0.0593. The topological polar surface area (TPSA) is 55.1 Å². The highest BCUT2D eigenvalue weighted by Gasteiger charge is 2.12. The first-order valence-corrected chi connectivity index (χ1v) is 6.46. The van der Waals surface area contributed by atoms with Crippen LogP contribution in [0.1, 0.15) is 10.4 Å². The van der Waals surface area contributed by atoms with Crippen LogP contribution in [0.4, 0.5) is 15.8 Å². The first kappa shape index (κ1) is 13.8. The van der Waals surface area contributed by atoms with Crippen LogP contribution in [0, 0.1) is 5.82 Å². The number of nitrogen functional groups attached to an aromatic ring is 1. The van der Waals surface area contributed by atoms with Crippen LogP contribution < -0.4 is 11.1 Å². The average molecular weight is 344 g/mol. The molecule has 0 aliphatic carbocycles. The molecule has 1 amide bonds. The number of halogens is 3. The van der Waals surface area contributed by atoms with Gasteiger partial charge in [0.05, 0.1) is 16.3 Å². The van der Waals surface area contributed by atoms with Gasteiger partial charge in [-0.1, -0.05) is 11.6 Å². The van der Waals surface area contributed by atoms with Crippen LogP contribution in [0.15, 0.2) is 40.9 Å². The van der Waals surface area contributed by atoms with Crippen molar-refractivity contribution in [1.29, 1.82) is 0 Å². The predicted molar refractivity (Wildman–Crippen MR) is 77.9 cm³/mol. The summed E-state index contributed by atoms with van der Waals surface area (Å²) >= 11 is 9.11. The molecule has 0 fully saturated rings. The molecule has 2 aromatic rings. The van der Waals surface area contributed by atoms with E-state index in [4.69, 9.17) is 17.3 Å². The molecule has 3 nitrogen and oxygen atoms in total. The van der Waals surface area contributed by atoms with Crippen LogP contribution in [0.3, 0.4) is 0 Å². The molecule has 6 heteroatoms. The molecule has 98 valence electrons. The third kappa shape index (κ3) is 3.24. The van der Waals surface area contributed by atoms with Gasteiger partial charge in [0.2, 0.25) is 0 Å². The lowest BCUT2D eigenvalue weighted by atomic mass is 10.2. The van der Waals surface area contributed by atoms with E-state index in [2.05, 4.69) is 21.2 Å². The lowest BCUT2D eigenvalue weighted by molar-refractivity contribution is 0.102. The van der Waals surface area contributed by atoms with Gasteiger partial charge < -0.3 is 11.1 Å². The smallest absolute Gasteiger partial charge is 0.257 e. The number of hydrogen-bond donors (Lipinski definition) is 2. The Morgan fingerprint density at radius 1 is 1.26 bits per heavy atom. The van der Waals surface area contributed by atoms with Gasteiger partial charge in [-0.15, -0.1) is 0 Å². The summed E-state index contributed by atoms with van der Waals surface area (Å²) in [5.41, 5.74) is 6.93. The van der Waals surface area contributed by atoms with Crippen molar-refractivity contribution in [2.45, 2.75) is 0 Å². The molecule has 3 N–H and O–H groups in total. The van der Waals surface area contributed by atoms with E-state index in [-0.39, 0.29) is 10.6 Å². The average Bonchev–Trinajstić information content (AvgIpc) is 2.32. The second kappa shape index (κ2) is 5.59. The van der Waals surface area contributed by atoms with E-state index in [9.17, 15) is 9.18 Å². The van der Waals surface area contributed by atoms with Crippen molar-refractivity contribution in [1.82, 2.24) is 0 Å². The fourth-order valence-corrected chi connectivity index (χ4v) is 2.24. The van der Waals surface area contributed by atoms with Crippen molar-refractivity contribution in [3.8, 4) is 0 Å². The van der Waals surface area contributed by atoms with Crippen LogP contribution in [0.2, 0.25) is 5.02 Å². The standard InChI is InChI=1S/C13H9BrClFN2O/c14-10-6-8(17)2-4-12(10)18-13(19)9-3-1-7(16)5-11(9)15/h1-6H,17H2,(H,18,19). The minimum atomic E-state index is -0.491. The molecule has 2 rings (SSSR count). The van der Waals surface area contributed by atoms with Crippen molar-refractivity contribution in [3.05, 3.63) is 57.3 Å². The molecule has 0 saturated heterocycles. The molecule has 0 bridgehead atoms. The first-order chi connectivity index (χ1) is 8.97. The van der Waals surface area contributed by atoms with Crippen molar-refractivity contribution >= 4 is 44.8 Å². The number of rotatable bonds is 2. The predicted octanol–water partition coefficient (Wildman–Crippen LogP) is 4.08. The molecule has 0 unspecified atom stereocenters. The van der Waals surface area contributed by atoms with Gasteiger partial charge in [-0.25, -0.2) is 4.39 Å². The second-order valence-corrected chi connectivity index (χ2v) is 5.08. The lowest BCUT2D eigenvalue weighted by Crippen LogP contribution is -2.13. The van der Waals surface area contributed by atoms with Crippen molar-refractivity contribution in [2.75, 3.05) is 11.1 Å². The largest absolute Gasteiger partial charge is 0.399 e. The lowest BCUT2D eigenvalue weighted by Gasteiger charge is -2.09. The summed E-state index contributed by atoms with van der Waals surface area (Å²) in [5.74, 6) is -0.911. The van der Waals surface area contributed by atoms with Gasteiger partial charge in [-0.3, -0.25) is 4.79 Å². The van der Waals surface area contributed by atoms with Gasteiger partial charge in [0.1, 0.15) is 5.82 Å². The molecular formula is C13H9BrClFN2O. The van der Waals surface area contributed by atoms with Gasteiger partial charge in [0.15, 0.2) is 0 Å². The fraction of sp³-hybridized carbons (Fsp3) is 0. The van der Waals surface area contributed by atoms with E-state index in [0.29, 0.717) is 15.8 Å². The van der Waals surface area contributed by atoms with E-state index < -0.39 is 11.7 Å². The molecule has 0 aliphatic rings. The summed E-state index contributed by atoms with van der Waals surface area (Å²) < 4.78 is 13.6. The van der Waals surface area contributed by atoms with E-state index in [1.54, 1.807) is 18.2 Å². The second-order valence-electron chi connectivity index (χ2n) is 3.82. The maximum Gasteiger partial charge on any atom is 0.257 e. The van der Waals surface area contributed by atoms with E-state index in [1.165, 1.54) is 12.1 Å². The summed E-state index contributed by atoms with van der Waals surface area (Å²) in [6.45, 7) is 0. The number of carbonyl (C=O) groups is 1. The van der Waals surface area contributed by atoms with Crippen LogP contribution in [-0.2, 0) is 0 Å². The Hall–Kier alpha value is -1.59. The molecule has 0 heterocycles. The third-order valence-corrected chi connectivity index (χ3v) is 3.39. The Morgan fingerprint density at radius 3 is 2.63 bits per heavy atom. The molecule has 2 aromatic carbocycles. The number of hydrogen-bond acceptors (Lipinski definition) is 2. The Labute approximate surface area is 122 Å². The maximum absolute atomic E-state index is 12.9. The molecule has 0 aromatic heterocycles. The van der Waals surface area contributed by atoms with Gasteiger partial charge >= 0.3 is 0 Å². The molecular weight excluding hydrogens is 335 g/mol. The highest BCUT2D eigenvalue weighted by molar-refractivity contribution is 9.10. The number of amides is 1. The summed E-state index contributed by atoms with van der Waals surface area (Å²) in [6.07, 6.45) is 0. The van der Waals surface area contributed by atoms with E-state index in [1.807, 2.05) is 0 Å². The van der Waals surface area contributed by atoms with Crippen LogP contribution >= 0.6 is 27.5 Å².